The van der Waals surface area contributed by atoms with Crippen molar-refractivity contribution in [3.8, 4) is 0 Å². The summed E-state index contributed by atoms with van der Waals surface area (Å²) < 4.78 is 0. The van der Waals surface area contributed by atoms with Crippen molar-refractivity contribution in [1.82, 2.24) is 0 Å². The van der Waals surface area contributed by atoms with Crippen LogP contribution in [0.2, 0.25) is 0 Å². The Morgan fingerprint density at radius 3 is 2.67 bits per heavy atom. The average Bonchev–Trinajstić information content (AvgIpc) is 2.54. The Balaban J connectivity index is 1.87. The molecule has 0 spiro atoms. The van der Waals surface area contributed by atoms with E-state index in [1.165, 1.54) is 23.7 Å². The first-order valence-corrected chi connectivity index (χ1v) is 4.36. The fraction of sp³-hybridized carbons (Fsp3) is 1.00. The van der Waals surface area contributed by atoms with Crippen LogP contribution in [0.25, 0.3) is 0 Å². The van der Waals surface area contributed by atoms with Gasteiger partial charge < -0.3 is 0 Å². The van der Waals surface area contributed by atoms with Gasteiger partial charge in [0.2, 0.25) is 0 Å². The monoisotopic (exact) mass is 122 g/mol. The van der Waals surface area contributed by atoms with Gasteiger partial charge in [0.25, 0.3) is 0 Å². The number of rotatable bonds is 0. The molecule has 3 saturated carbocycles. The van der Waals surface area contributed by atoms with Crippen molar-refractivity contribution in [2.75, 3.05) is 0 Å². The minimum atomic E-state index is 1.10. The molecule has 0 saturated heterocycles. The first kappa shape index (κ1) is 4.76. The highest BCUT2D eigenvalue weighted by atomic mass is 14.6. The molecule has 5 unspecified atom stereocenters. The van der Waals surface area contributed by atoms with Crippen molar-refractivity contribution in [1.29, 1.82) is 0 Å². The van der Waals surface area contributed by atoms with Gasteiger partial charge in [0, 0.05) is 0 Å². The molecule has 3 fully saturated rings. The molecule has 0 heterocycles. The number of hydrogen-bond acceptors (Lipinski definition) is 0. The van der Waals surface area contributed by atoms with E-state index in [4.69, 9.17) is 0 Å². The highest BCUT2D eigenvalue weighted by Gasteiger charge is 2.59. The van der Waals surface area contributed by atoms with E-state index in [9.17, 15) is 0 Å². The second-order valence-electron chi connectivity index (χ2n) is 4.44. The van der Waals surface area contributed by atoms with Crippen LogP contribution < -0.4 is 0 Å². The van der Waals surface area contributed by atoms with Crippen molar-refractivity contribution in [2.45, 2.75) is 26.2 Å². The molecule has 3 aliphatic rings. The van der Waals surface area contributed by atoms with E-state index in [1.54, 1.807) is 19.3 Å². The molecule has 50 valence electrons. The van der Waals surface area contributed by atoms with Crippen LogP contribution in [0, 0.1) is 29.6 Å². The fourth-order valence-electron chi connectivity index (χ4n) is 3.10. The summed E-state index contributed by atoms with van der Waals surface area (Å²) in [4.78, 5) is 0. The summed E-state index contributed by atoms with van der Waals surface area (Å²) in [6.07, 6.45) is 4.78. The molecule has 0 nitrogen and oxygen atoms in total. The topological polar surface area (TPSA) is 0 Å². The molecule has 0 radical (unpaired) electrons. The molecule has 0 aliphatic heterocycles. The molecule has 0 amide bonds. The van der Waals surface area contributed by atoms with E-state index in [1.807, 2.05) is 0 Å². The summed E-state index contributed by atoms with van der Waals surface area (Å²) in [5.41, 5.74) is 0. The Hall–Kier alpha value is 0. The van der Waals surface area contributed by atoms with Crippen LogP contribution in [0.5, 0.6) is 0 Å². The van der Waals surface area contributed by atoms with Gasteiger partial charge in [0.05, 0.1) is 0 Å². The zero-order valence-corrected chi connectivity index (χ0v) is 6.01. The third-order valence-electron chi connectivity index (χ3n) is 3.82. The standard InChI is InChI=1S/C9H14/c1-5-2-6-3-8(6)9-4-7(5)9/h5-9H,2-4H2,1H3. The van der Waals surface area contributed by atoms with Gasteiger partial charge in [-0.1, -0.05) is 6.92 Å². The third kappa shape index (κ3) is 0.500. The smallest absolute Gasteiger partial charge is 0.0349 e. The van der Waals surface area contributed by atoms with Crippen LogP contribution in [0.3, 0.4) is 0 Å². The van der Waals surface area contributed by atoms with Gasteiger partial charge in [-0.05, 0) is 48.9 Å². The maximum Gasteiger partial charge on any atom is -0.0349 e. The molecule has 9 heavy (non-hydrogen) atoms. The van der Waals surface area contributed by atoms with E-state index in [0.29, 0.717) is 0 Å². The lowest BCUT2D eigenvalue weighted by molar-refractivity contribution is 0.346. The highest BCUT2D eigenvalue weighted by molar-refractivity contribution is 5.08. The van der Waals surface area contributed by atoms with Gasteiger partial charge >= 0.3 is 0 Å². The van der Waals surface area contributed by atoms with Gasteiger partial charge in [0.1, 0.15) is 0 Å². The molecule has 0 aromatic heterocycles. The first-order valence-electron chi connectivity index (χ1n) is 4.36. The van der Waals surface area contributed by atoms with Crippen LogP contribution in [-0.4, -0.2) is 0 Å². The van der Waals surface area contributed by atoms with E-state index in [2.05, 4.69) is 6.92 Å². The lowest BCUT2D eigenvalue weighted by atomic mass is 9.91. The number of fused-ring (bicyclic) bond motifs is 3. The molecule has 3 aliphatic carbocycles. The maximum atomic E-state index is 2.46. The van der Waals surface area contributed by atoms with Crippen LogP contribution in [0.4, 0.5) is 0 Å². The van der Waals surface area contributed by atoms with E-state index < -0.39 is 0 Å². The summed E-state index contributed by atoms with van der Waals surface area (Å²) in [5.74, 6) is 5.93. The maximum absolute atomic E-state index is 2.46. The zero-order valence-electron chi connectivity index (χ0n) is 6.01. The van der Waals surface area contributed by atoms with Gasteiger partial charge in [-0.15, -0.1) is 0 Å². The van der Waals surface area contributed by atoms with E-state index >= 15 is 0 Å². The van der Waals surface area contributed by atoms with E-state index in [-0.39, 0.29) is 0 Å². The minimum Gasteiger partial charge on any atom is -0.0622 e. The van der Waals surface area contributed by atoms with Crippen molar-refractivity contribution in [2.24, 2.45) is 29.6 Å². The van der Waals surface area contributed by atoms with Crippen molar-refractivity contribution >= 4 is 0 Å². The quantitative estimate of drug-likeness (QED) is 0.462. The predicted octanol–water partition coefficient (Wildman–Crippen LogP) is 2.30. The van der Waals surface area contributed by atoms with Gasteiger partial charge in [-0.3, -0.25) is 0 Å². The summed E-state index contributed by atoms with van der Waals surface area (Å²) in [7, 11) is 0. The average molecular weight is 122 g/mol. The molecule has 0 N–H and O–H groups in total. The van der Waals surface area contributed by atoms with Crippen LogP contribution in [0.1, 0.15) is 26.2 Å². The lowest BCUT2D eigenvalue weighted by Crippen LogP contribution is -2.07. The molecule has 0 heteroatoms. The van der Waals surface area contributed by atoms with Crippen molar-refractivity contribution in [3.63, 3.8) is 0 Å². The Morgan fingerprint density at radius 2 is 1.78 bits per heavy atom. The van der Waals surface area contributed by atoms with Gasteiger partial charge in [-0.2, -0.15) is 0 Å². The van der Waals surface area contributed by atoms with Crippen LogP contribution >= 0.6 is 0 Å². The summed E-state index contributed by atoms with van der Waals surface area (Å²) >= 11 is 0. The molecular formula is C9H14. The molecule has 0 aromatic carbocycles. The Morgan fingerprint density at radius 1 is 0.889 bits per heavy atom. The van der Waals surface area contributed by atoms with Gasteiger partial charge in [0.15, 0.2) is 0 Å². The Labute approximate surface area is 56.6 Å². The third-order valence-corrected chi connectivity index (χ3v) is 3.82. The lowest BCUT2D eigenvalue weighted by Gasteiger charge is -2.14. The second kappa shape index (κ2) is 1.21. The number of hydrogen-bond donors (Lipinski definition) is 0. The molecular weight excluding hydrogens is 108 g/mol. The SMILES string of the molecule is CC1CC2CC2C2CC12. The molecule has 3 rings (SSSR count). The zero-order chi connectivity index (χ0) is 6.01. The first-order chi connectivity index (χ1) is 4.36. The minimum absolute atomic E-state index is 1.10. The molecule has 0 aromatic rings. The normalized spacial score (nSPS) is 68.3. The second-order valence-corrected chi connectivity index (χ2v) is 4.44. The fourth-order valence-corrected chi connectivity index (χ4v) is 3.10. The Bertz CT molecular complexity index is 145. The van der Waals surface area contributed by atoms with Crippen LogP contribution in [-0.2, 0) is 0 Å². The largest absolute Gasteiger partial charge is 0.0622 e. The summed E-state index contributed by atoms with van der Waals surface area (Å²) in [5, 5.41) is 0. The summed E-state index contributed by atoms with van der Waals surface area (Å²) in [6, 6.07) is 0. The van der Waals surface area contributed by atoms with E-state index in [0.717, 1.165) is 5.92 Å². The Kier molecular flexibility index (Phi) is 0.640. The van der Waals surface area contributed by atoms with Crippen molar-refractivity contribution in [3.05, 3.63) is 0 Å². The van der Waals surface area contributed by atoms with Gasteiger partial charge in [-0.25, -0.2) is 0 Å². The molecule has 5 atom stereocenters. The molecule has 0 bridgehead atoms. The van der Waals surface area contributed by atoms with Crippen molar-refractivity contribution < 1.29 is 0 Å². The highest BCUT2D eigenvalue weighted by Crippen LogP contribution is 2.67. The predicted molar refractivity (Wildman–Crippen MR) is 37.0 cm³/mol. The van der Waals surface area contributed by atoms with Crippen LogP contribution in [0.15, 0.2) is 0 Å². The summed E-state index contributed by atoms with van der Waals surface area (Å²) in [6.45, 7) is 2.46.